The van der Waals surface area contributed by atoms with Gasteiger partial charge >= 0.3 is 0 Å². The highest BCUT2D eigenvalue weighted by Gasteiger charge is 2.11. The summed E-state index contributed by atoms with van der Waals surface area (Å²) in [7, 11) is 0. The molecule has 0 spiro atoms. The van der Waals surface area contributed by atoms with Crippen LogP contribution in [0, 0.1) is 0 Å². The summed E-state index contributed by atoms with van der Waals surface area (Å²) in [6.45, 7) is 2.86. The Morgan fingerprint density at radius 2 is 2.00 bits per heavy atom. The maximum atomic E-state index is 6.43. The minimum atomic E-state index is 0.255. The molecule has 0 radical (unpaired) electrons. The smallest absolute Gasteiger partial charge is 0.0705 e. The molecule has 0 unspecified atom stereocenters. The molecular formula is C17H16BrClN2. The number of aromatic nitrogens is 1. The van der Waals surface area contributed by atoms with Gasteiger partial charge in [-0.1, -0.05) is 57.9 Å². The van der Waals surface area contributed by atoms with Crippen molar-refractivity contribution >= 4 is 38.4 Å². The standard InChI is InChI=1S/C17H16BrClN2/c1-11(12-5-4-6-13(18)9-12)20-10-16-17(19)14-7-2-3-8-15(14)21-16/h2-9,11,20-21H,10H2,1H3/t11-/m0/s1. The van der Waals surface area contributed by atoms with Gasteiger partial charge in [-0.3, -0.25) is 0 Å². The number of H-pyrrole nitrogens is 1. The van der Waals surface area contributed by atoms with Crippen LogP contribution in [0.2, 0.25) is 5.02 Å². The van der Waals surface area contributed by atoms with Crippen LogP contribution in [0.5, 0.6) is 0 Å². The van der Waals surface area contributed by atoms with E-state index in [2.05, 4.69) is 45.3 Å². The first-order valence-corrected chi connectivity index (χ1v) is 8.06. The fourth-order valence-corrected chi connectivity index (χ4v) is 3.13. The monoisotopic (exact) mass is 362 g/mol. The van der Waals surface area contributed by atoms with Gasteiger partial charge in [-0.15, -0.1) is 0 Å². The van der Waals surface area contributed by atoms with Gasteiger partial charge in [0.2, 0.25) is 0 Å². The van der Waals surface area contributed by atoms with Crippen LogP contribution < -0.4 is 5.32 Å². The van der Waals surface area contributed by atoms with E-state index >= 15 is 0 Å². The highest BCUT2D eigenvalue weighted by molar-refractivity contribution is 9.10. The summed E-state index contributed by atoms with van der Waals surface area (Å²) < 4.78 is 1.09. The van der Waals surface area contributed by atoms with Crippen LogP contribution in [-0.4, -0.2) is 4.98 Å². The molecule has 0 saturated carbocycles. The molecule has 2 nitrogen and oxygen atoms in total. The summed E-state index contributed by atoms with van der Waals surface area (Å²) in [6, 6.07) is 16.7. The first kappa shape index (κ1) is 14.6. The predicted molar refractivity (Wildman–Crippen MR) is 92.7 cm³/mol. The second kappa shape index (κ2) is 6.22. The van der Waals surface area contributed by atoms with E-state index in [0.717, 1.165) is 26.1 Å². The third kappa shape index (κ3) is 3.15. The summed E-state index contributed by atoms with van der Waals surface area (Å²) in [5.74, 6) is 0. The van der Waals surface area contributed by atoms with Gasteiger partial charge in [0.25, 0.3) is 0 Å². The molecule has 0 saturated heterocycles. The molecule has 3 rings (SSSR count). The Balaban J connectivity index is 1.75. The zero-order valence-corrected chi connectivity index (χ0v) is 14.0. The van der Waals surface area contributed by atoms with Crippen LogP contribution in [0.25, 0.3) is 10.9 Å². The van der Waals surface area contributed by atoms with Gasteiger partial charge in [0.1, 0.15) is 0 Å². The van der Waals surface area contributed by atoms with Crippen molar-refractivity contribution in [2.45, 2.75) is 19.5 Å². The number of halogens is 2. The van der Waals surface area contributed by atoms with Crippen LogP contribution in [0.1, 0.15) is 24.2 Å². The minimum absolute atomic E-state index is 0.255. The van der Waals surface area contributed by atoms with Crippen LogP contribution in [0.4, 0.5) is 0 Å². The number of benzene rings is 2. The second-order valence-electron chi connectivity index (χ2n) is 5.12. The van der Waals surface area contributed by atoms with E-state index in [1.165, 1.54) is 5.56 Å². The van der Waals surface area contributed by atoms with E-state index in [1.54, 1.807) is 0 Å². The molecule has 108 valence electrons. The van der Waals surface area contributed by atoms with Crippen LogP contribution in [-0.2, 0) is 6.54 Å². The largest absolute Gasteiger partial charge is 0.356 e. The highest BCUT2D eigenvalue weighted by atomic mass is 79.9. The molecule has 0 aliphatic rings. The summed E-state index contributed by atoms with van der Waals surface area (Å²) in [5.41, 5.74) is 3.35. The van der Waals surface area contributed by atoms with Crippen LogP contribution >= 0.6 is 27.5 Å². The fourth-order valence-electron chi connectivity index (χ4n) is 2.43. The Hall–Kier alpha value is -1.29. The van der Waals surface area contributed by atoms with E-state index in [1.807, 2.05) is 36.4 Å². The molecule has 0 bridgehead atoms. The van der Waals surface area contributed by atoms with Crippen molar-refractivity contribution in [1.82, 2.24) is 10.3 Å². The van der Waals surface area contributed by atoms with Crippen molar-refractivity contribution in [3.05, 3.63) is 69.3 Å². The number of aromatic amines is 1. The minimum Gasteiger partial charge on any atom is -0.356 e. The van der Waals surface area contributed by atoms with Crippen molar-refractivity contribution in [1.29, 1.82) is 0 Å². The lowest BCUT2D eigenvalue weighted by Gasteiger charge is -2.14. The van der Waals surface area contributed by atoms with Gasteiger partial charge in [-0.05, 0) is 30.7 Å². The first-order valence-electron chi connectivity index (χ1n) is 6.89. The number of hydrogen-bond donors (Lipinski definition) is 2. The molecule has 0 aliphatic carbocycles. The number of fused-ring (bicyclic) bond motifs is 1. The van der Waals surface area contributed by atoms with Crippen molar-refractivity contribution in [2.24, 2.45) is 0 Å². The van der Waals surface area contributed by atoms with Crippen molar-refractivity contribution in [3.8, 4) is 0 Å². The maximum Gasteiger partial charge on any atom is 0.0705 e. The Bertz CT molecular complexity index is 766. The SMILES string of the molecule is C[C@H](NCc1[nH]c2ccccc2c1Cl)c1cccc(Br)c1. The average molecular weight is 364 g/mol. The van der Waals surface area contributed by atoms with E-state index in [0.29, 0.717) is 6.54 Å². The normalized spacial score (nSPS) is 12.7. The average Bonchev–Trinajstić information content (AvgIpc) is 2.82. The number of hydrogen-bond acceptors (Lipinski definition) is 1. The van der Waals surface area contributed by atoms with Crippen molar-refractivity contribution in [2.75, 3.05) is 0 Å². The van der Waals surface area contributed by atoms with Crippen molar-refractivity contribution < 1.29 is 0 Å². The van der Waals surface area contributed by atoms with E-state index in [-0.39, 0.29) is 6.04 Å². The second-order valence-corrected chi connectivity index (χ2v) is 6.41. The van der Waals surface area contributed by atoms with Crippen LogP contribution in [0.3, 0.4) is 0 Å². The highest BCUT2D eigenvalue weighted by Crippen LogP contribution is 2.27. The third-order valence-electron chi connectivity index (χ3n) is 3.65. The fraction of sp³-hybridized carbons (Fsp3) is 0.176. The molecule has 0 amide bonds. The summed E-state index contributed by atoms with van der Waals surface area (Å²) in [6.07, 6.45) is 0. The van der Waals surface area contributed by atoms with E-state index in [9.17, 15) is 0 Å². The van der Waals surface area contributed by atoms with Gasteiger partial charge in [-0.2, -0.15) is 0 Å². The number of rotatable bonds is 4. The Morgan fingerprint density at radius 3 is 2.76 bits per heavy atom. The molecule has 1 aromatic heterocycles. The quantitative estimate of drug-likeness (QED) is 0.635. The van der Waals surface area contributed by atoms with Crippen LogP contribution in [0.15, 0.2) is 53.0 Å². The molecule has 4 heteroatoms. The van der Waals surface area contributed by atoms with Gasteiger partial charge in [0, 0.05) is 33.7 Å². The van der Waals surface area contributed by atoms with Gasteiger partial charge < -0.3 is 10.3 Å². The third-order valence-corrected chi connectivity index (χ3v) is 4.57. The molecule has 0 fully saturated rings. The summed E-state index contributed by atoms with van der Waals surface area (Å²) >= 11 is 9.94. The predicted octanol–water partition coefficient (Wildman–Crippen LogP) is 5.43. The molecule has 2 N–H and O–H groups in total. The lowest BCUT2D eigenvalue weighted by atomic mass is 10.1. The Labute approximate surface area is 137 Å². The molecule has 1 heterocycles. The Morgan fingerprint density at radius 1 is 1.19 bits per heavy atom. The number of nitrogens with one attached hydrogen (secondary N) is 2. The molecule has 3 aromatic rings. The van der Waals surface area contributed by atoms with Gasteiger partial charge in [0.15, 0.2) is 0 Å². The van der Waals surface area contributed by atoms with Gasteiger partial charge in [-0.25, -0.2) is 0 Å². The lowest BCUT2D eigenvalue weighted by Crippen LogP contribution is -2.18. The zero-order chi connectivity index (χ0) is 14.8. The van der Waals surface area contributed by atoms with Gasteiger partial charge in [0.05, 0.1) is 5.02 Å². The summed E-state index contributed by atoms with van der Waals surface area (Å²) in [5, 5.41) is 5.39. The maximum absolute atomic E-state index is 6.43. The molecular weight excluding hydrogens is 348 g/mol. The van der Waals surface area contributed by atoms with E-state index < -0.39 is 0 Å². The molecule has 21 heavy (non-hydrogen) atoms. The molecule has 0 aliphatic heterocycles. The Kier molecular flexibility index (Phi) is 4.34. The summed E-state index contributed by atoms with van der Waals surface area (Å²) in [4.78, 5) is 3.38. The zero-order valence-electron chi connectivity index (χ0n) is 11.7. The molecule has 1 atom stereocenters. The first-order chi connectivity index (χ1) is 10.1. The van der Waals surface area contributed by atoms with Crippen molar-refractivity contribution in [3.63, 3.8) is 0 Å². The van der Waals surface area contributed by atoms with E-state index in [4.69, 9.17) is 11.6 Å². The lowest BCUT2D eigenvalue weighted by molar-refractivity contribution is 0.569. The topological polar surface area (TPSA) is 27.8 Å². The molecule has 2 aromatic carbocycles. The number of para-hydroxylation sites is 1.